The Morgan fingerprint density at radius 1 is 1.32 bits per heavy atom. The van der Waals surface area contributed by atoms with Gasteiger partial charge < -0.3 is 5.32 Å². The highest BCUT2D eigenvalue weighted by atomic mass is 32.1. The number of nitrogens with zero attached hydrogens (tertiary/aromatic N) is 1. The SMILES string of the molecule is Cc1ccc(CNCCn2cc(C)c(=O)[nH]c2=O)s1. The summed E-state index contributed by atoms with van der Waals surface area (Å²) in [5.41, 5.74) is -0.124. The van der Waals surface area contributed by atoms with Crippen molar-refractivity contribution in [2.24, 2.45) is 0 Å². The van der Waals surface area contributed by atoms with Crippen LogP contribution in [0.25, 0.3) is 0 Å². The van der Waals surface area contributed by atoms with E-state index in [2.05, 4.69) is 29.4 Å². The molecule has 2 aromatic heterocycles. The Hall–Kier alpha value is -1.66. The molecule has 2 N–H and O–H groups in total. The third-order valence-electron chi connectivity index (χ3n) is 2.81. The Morgan fingerprint density at radius 2 is 2.11 bits per heavy atom. The van der Waals surface area contributed by atoms with Gasteiger partial charge in [-0.2, -0.15) is 0 Å². The second-order valence-corrected chi connectivity index (χ2v) is 5.83. The highest BCUT2D eigenvalue weighted by Crippen LogP contribution is 2.14. The molecule has 0 atom stereocenters. The first-order valence-electron chi connectivity index (χ1n) is 6.12. The summed E-state index contributed by atoms with van der Waals surface area (Å²) in [6, 6.07) is 4.20. The molecule has 0 aliphatic rings. The van der Waals surface area contributed by atoms with Crippen molar-refractivity contribution >= 4 is 11.3 Å². The van der Waals surface area contributed by atoms with Crippen LogP contribution in [0.4, 0.5) is 0 Å². The first kappa shape index (κ1) is 13.8. The van der Waals surface area contributed by atoms with E-state index in [0.717, 1.165) is 6.54 Å². The molecule has 0 aliphatic heterocycles. The Bertz CT molecular complexity index is 669. The topological polar surface area (TPSA) is 66.9 Å². The quantitative estimate of drug-likeness (QED) is 0.803. The standard InChI is InChI=1S/C13H17N3O2S/c1-9-8-16(13(18)15-12(9)17)6-5-14-7-11-4-3-10(2)19-11/h3-4,8,14H,5-7H2,1-2H3,(H,15,17,18). The van der Waals surface area contributed by atoms with Gasteiger partial charge in [0.05, 0.1) is 0 Å². The maximum absolute atomic E-state index is 11.5. The van der Waals surface area contributed by atoms with Crippen molar-refractivity contribution in [3.8, 4) is 0 Å². The zero-order valence-electron chi connectivity index (χ0n) is 11.0. The van der Waals surface area contributed by atoms with Gasteiger partial charge in [0.25, 0.3) is 5.56 Å². The predicted molar refractivity (Wildman–Crippen MR) is 76.8 cm³/mol. The fourth-order valence-electron chi connectivity index (χ4n) is 1.78. The zero-order chi connectivity index (χ0) is 13.8. The smallest absolute Gasteiger partial charge is 0.310 e. The summed E-state index contributed by atoms with van der Waals surface area (Å²) in [5, 5.41) is 3.28. The molecule has 0 saturated heterocycles. The number of nitrogens with one attached hydrogen (secondary N) is 2. The molecule has 2 rings (SSSR count). The van der Waals surface area contributed by atoms with Gasteiger partial charge in [-0.15, -0.1) is 11.3 Å². The summed E-state index contributed by atoms with van der Waals surface area (Å²) in [7, 11) is 0. The van der Waals surface area contributed by atoms with Crippen LogP contribution < -0.4 is 16.6 Å². The van der Waals surface area contributed by atoms with Crippen molar-refractivity contribution in [3.05, 3.63) is 54.5 Å². The molecule has 6 heteroatoms. The molecule has 0 aliphatic carbocycles. The number of aryl methyl sites for hydroxylation is 2. The minimum absolute atomic E-state index is 0.316. The molecule has 0 saturated carbocycles. The van der Waals surface area contributed by atoms with Crippen LogP contribution >= 0.6 is 11.3 Å². The maximum atomic E-state index is 11.5. The third-order valence-corrected chi connectivity index (χ3v) is 3.81. The number of hydrogen-bond donors (Lipinski definition) is 2. The monoisotopic (exact) mass is 279 g/mol. The van der Waals surface area contributed by atoms with E-state index in [9.17, 15) is 9.59 Å². The molecular weight excluding hydrogens is 262 g/mol. The van der Waals surface area contributed by atoms with Gasteiger partial charge in [0.2, 0.25) is 0 Å². The van der Waals surface area contributed by atoms with E-state index in [1.165, 1.54) is 14.3 Å². The van der Waals surface area contributed by atoms with Crippen molar-refractivity contribution in [2.45, 2.75) is 26.9 Å². The van der Waals surface area contributed by atoms with Crippen molar-refractivity contribution in [1.29, 1.82) is 0 Å². The molecule has 102 valence electrons. The summed E-state index contributed by atoms with van der Waals surface area (Å²) in [4.78, 5) is 27.6. The van der Waals surface area contributed by atoms with Crippen molar-refractivity contribution in [3.63, 3.8) is 0 Å². The maximum Gasteiger partial charge on any atom is 0.328 e. The van der Waals surface area contributed by atoms with E-state index < -0.39 is 0 Å². The molecule has 0 amide bonds. The lowest BCUT2D eigenvalue weighted by Gasteiger charge is -2.06. The summed E-state index contributed by atoms with van der Waals surface area (Å²) in [6.07, 6.45) is 1.60. The second-order valence-electron chi connectivity index (χ2n) is 4.45. The normalized spacial score (nSPS) is 10.8. The van der Waals surface area contributed by atoms with Gasteiger partial charge in [-0.3, -0.25) is 14.3 Å². The zero-order valence-corrected chi connectivity index (χ0v) is 11.8. The number of hydrogen-bond acceptors (Lipinski definition) is 4. The van der Waals surface area contributed by atoms with Gasteiger partial charge in [0.15, 0.2) is 0 Å². The Morgan fingerprint density at radius 3 is 2.79 bits per heavy atom. The lowest BCUT2D eigenvalue weighted by molar-refractivity contribution is 0.574. The van der Waals surface area contributed by atoms with Gasteiger partial charge in [0.1, 0.15) is 0 Å². The number of rotatable bonds is 5. The van der Waals surface area contributed by atoms with Crippen LogP contribution in [0.2, 0.25) is 0 Å². The molecule has 2 heterocycles. The molecule has 0 bridgehead atoms. The van der Waals surface area contributed by atoms with Crippen LogP contribution in [0, 0.1) is 13.8 Å². The van der Waals surface area contributed by atoms with Crippen molar-refractivity contribution in [2.75, 3.05) is 6.54 Å². The van der Waals surface area contributed by atoms with Crippen LogP contribution in [0.3, 0.4) is 0 Å². The summed E-state index contributed by atoms with van der Waals surface area (Å²) >= 11 is 1.76. The Kier molecular flexibility index (Phi) is 4.34. The summed E-state index contributed by atoms with van der Waals surface area (Å²) in [6.45, 7) is 5.80. The predicted octanol–water partition coefficient (Wildman–Crippen LogP) is 1.00. The van der Waals surface area contributed by atoms with Crippen LogP contribution in [0.1, 0.15) is 15.3 Å². The number of H-pyrrole nitrogens is 1. The van der Waals surface area contributed by atoms with E-state index >= 15 is 0 Å². The average Bonchev–Trinajstić information content (AvgIpc) is 2.77. The first-order chi connectivity index (χ1) is 9.06. The molecule has 0 spiro atoms. The molecule has 0 unspecified atom stereocenters. The van der Waals surface area contributed by atoms with Crippen LogP contribution in [-0.4, -0.2) is 16.1 Å². The fraction of sp³-hybridized carbons (Fsp3) is 0.385. The van der Waals surface area contributed by atoms with Crippen LogP contribution in [-0.2, 0) is 13.1 Å². The van der Waals surface area contributed by atoms with Gasteiger partial charge in [-0.1, -0.05) is 0 Å². The van der Waals surface area contributed by atoms with Crippen LogP contribution in [0.5, 0.6) is 0 Å². The number of thiophene rings is 1. The third kappa shape index (κ3) is 3.65. The molecule has 2 aromatic rings. The highest BCUT2D eigenvalue weighted by molar-refractivity contribution is 7.11. The van der Waals surface area contributed by atoms with Gasteiger partial charge >= 0.3 is 5.69 Å². The number of aromatic nitrogens is 2. The summed E-state index contributed by atoms with van der Waals surface area (Å²) in [5.74, 6) is 0. The van der Waals surface area contributed by atoms with E-state index in [0.29, 0.717) is 18.7 Å². The number of aromatic amines is 1. The lowest BCUT2D eigenvalue weighted by atomic mass is 10.4. The van der Waals surface area contributed by atoms with E-state index in [1.54, 1.807) is 24.5 Å². The largest absolute Gasteiger partial charge is 0.328 e. The van der Waals surface area contributed by atoms with E-state index in [1.807, 2.05) is 0 Å². The second kappa shape index (κ2) is 5.99. The first-order valence-corrected chi connectivity index (χ1v) is 6.94. The van der Waals surface area contributed by atoms with Gasteiger partial charge in [-0.05, 0) is 26.0 Å². The van der Waals surface area contributed by atoms with Crippen molar-refractivity contribution in [1.82, 2.24) is 14.9 Å². The molecule has 5 nitrogen and oxygen atoms in total. The Labute approximate surface area is 114 Å². The van der Waals surface area contributed by atoms with Crippen LogP contribution in [0.15, 0.2) is 27.9 Å². The highest BCUT2D eigenvalue weighted by Gasteiger charge is 2.01. The molecule has 0 fully saturated rings. The van der Waals surface area contributed by atoms with E-state index in [4.69, 9.17) is 0 Å². The average molecular weight is 279 g/mol. The summed E-state index contributed by atoms with van der Waals surface area (Å²) < 4.78 is 1.52. The van der Waals surface area contributed by atoms with E-state index in [-0.39, 0.29) is 11.2 Å². The minimum Gasteiger partial charge on any atom is -0.310 e. The molecule has 0 aromatic carbocycles. The lowest BCUT2D eigenvalue weighted by Crippen LogP contribution is -2.33. The molecular formula is C13H17N3O2S. The fourth-order valence-corrected chi connectivity index (χ4v) is 2.64. The minimum atomic E-state index is -0.357. The van der Waals surface area contributed by atoms with Crippen molar-refractivity contribution < 1.29 is 0 Å². The Balaban J connectivity index is 1.88. The molecule has 0 radical (unpaired) electrons. The molecule has 19 heavy (non-hydrogen) atoms. The van der Waals surface area contributed by atoms with Gasteiger partial charge in [-0.25, -0.2) is 4.79 Å². The van der Waals surface area contributed by atoms with Gasteiger partial charge in [0, 0.05) is 41.1 Å².